The van der Waals surface area contributed by atoms with Crippen molar-refractivity contribution >= 4 is 67.5 Å². The molecular formula is C17H11BrINO2S. The molecule has 0 saturated carbocycles. The van der Waals surface area contributed by atoms with E-state index in [1.54, 1.807) is 6.08 Å². The van der Waals surface area contributed by atoms with Crippen molar-refractivity contribution < 1.29 is 9.59 Å². The molecule has 0 spiro atoms. The number of halogens is 2. The van der Waals surface area contributed by atoms with Gasteiger partial charge in [-0.3, -0.25) is 14.5 Å². The Labute approximate surface area is 160 Å². The lowest BCUT2D eigenvalue weighted by Gasteiger charge is -2.12. The summed E-state index contributed by atoms with van der Waals surface area (Å²) in [5, 5.41) is -0.227. The number of imide groups is 1. The second-order valence-corrected chi connectivity index (χ2v) is 8.10. The number of amides is 2. The number of rotatable bonds is 3. The van der Waals surface area contributed by atoms with Gasteiger partial charge in [-0.2, -0.15) is 0 Å². The fourth-order valence-electron chi connectivity index (χ4n) is 2.16. The van der Waals surface area contributed by atoms with E-state index in [4.69, 9.17) is 0 Å². The first-order valence-electron chi connectivity index (χ1n) is 6.78. The fraction of sp³-hybridized carbons (Fsp3) is 0.0588. The van der Waals surface area contributed by atoms with Crippen molar-refractivity contribution in [3.63, 3.8) is 0 Å². The van der Waals surface area contributed by atoms with Gasteiger partial charge in [0.2, 0.25) is 0 Å². The molecule has 0 atom stereocenters. The van der Waals surface area contributed by atoms with Crippen LogP contribution in [0.25, 0.3) is 6.08 Å². The molecule has 1 aliphatic heterocycles. The third-order valence-electron chi connectivity index (χ3n) is 3.27. The van der Waals surface area contributed by atoms with E-state index in [9.17, 15) is 9.59 Å². The number of carbonyl (C=O) groups is 2. The van der Waals surface area contributed by atoms with Crippen molar-refractivity contribution in [2.24, 2.45) is 0 Å². The zero-order valence-electron chi connectivity index (χ0n) is 11.8. The third kappa shape index (κ3) is 4.05. The van der Waals surface area contributed by atoms with Crippen LogP contribution in [0.15, 0.2) is 57.9 Å². The molecule has 3 rings (SSSR count). The van der Waals surface area contributed by atoms with E-state index in [-0.39, 0.29) is 11.1 Å². The molecule has 0 unspecified atom stereocenters. The van der Waals surface area contributed by atoms with Gasteiger partial charge >= 0.3 is 0 Å². The maximum Gasteiger partial charge on any atom is 0.293 e. The standard InChI is InChI=1S/C17H11BrINO2S/c18-13-3-1-2-12(8-13)9-15-16(21)20(17(22)23-15)10-11-4-6-14(19)7-5-11/h1-9H,10H2/b15-9+. The Kier molecular flexibility index (Phi) is 5.23. The van der Waals surface area contributed by atoms with E-state index in [1.165, 1.54) is 4.90 Å². The van der Waals surface area contributed by atoms with Gasteiger partial charge in [-0.15, -0.1) is 0 Å². The largest absolute Gasteiger partial charge is 0.293 e. The van der Waals surface area contributed by atoms with E-state index in [0.29, 0.717) is 11.4 Å². The predicted octanol–water partition coefficient (Wildman–Crippen LogP) is 5.29. The number of carbonyl (C=O) groups excluding carboxylic acids is 2. The van der Waals surface area contributed by atoms with Crippen molar-refractivity contribution in [3.8, 4) is 0 Å². The van der Waals surface area contributed by atoms with Crippen LogP contribution in [0, 0.1) is 3.57 Å². The molecule has 0 aromatic heterocycles. The average molecular weight is 500 g/mol. The van der Waals surface area contributed by atoms with Crippen LogP contribution in [-0.4, -0.2) is 16.0 Å². The Morgan fingerprint density at radius 3 is 2.57 bits per heavy atom. The minimum absolute atomic E-state index is 0.227. The first-order chi connectivity index (χ1) is 11.0. The highest BCUT2D eigenvalue weighted by atomic mass is 127. The number of nitrogens with zero attached hydrogens (tertiary/aromatic N) is 1. The molecule has 23 heavy (non-hydrogen) atoms. The van der Waals surface area contributed by atoms with Crippen LogP contribution in [-0.2, 0) is 11.3 Å². The maximum atomic E-state index is 12.5. The van der Waals surface area contributed by atoms with Gasteiger partial charge in [0.1, 0.15) is 0 Å². The van der Waals surface area contributed by atoms with Crippen LogP contribution in [0.5, 0.6) is 0 Å². The molecular weight excluding hydrogens is 489 g/mol. The Balaban J connectivity index is 1.81. The van der Waals surface area contributed by atoms with Gasteiger partial charge in [0, 0.05) is 8.04 Å². The van der Waals surface area contributed by atoms with Gasteiger partial charge < -0.3 is 0 Å². The quantitative estimate of drug-likeness (QED) is 0.425. The first kappa shape index (κ1) is 16.7. The van der Waals surface area contributed by atoms with Crippen LogP contribution in [0.4, 0.5) is 4.79 Å². The smallest absolute Gasteiger partial charge is 0.268 e. The fourth-order valence-corrected chi connectivity index (χ4v) is 3.77. The van der Waals surface area contributed by atoms with Crippen LogP contribution in [0.1, 0.15) is 11.1 Å². The summed E-state index contributed by atoms with van der Waals surface area (Å²) in [6.45, 7) is 0.303. The van der Waals surface area contributed by atoms with Crippen LogP contribution in [0.2, 0.25) is 0 Å². The molecule has 1 fully saturated rings. The van der Waals surface area contributed by atoms with Crippen molar-refractivity contribution in [2.45, 2.75) is 6.54 Å². The van der Waals surface area contributed by atoms with E-state index >= 15 is 0 Å². The predicted molar refractivity (Wildman–Crippen MR) is 105 cm³/mol. The number of hydrogen-bond donors (Lipinski definition) is 0. The molecule has 2 amide bonds. The summed E-state index contributed by atoms with van der Waals surface area (Å²) >= 11 is 6.61. The van der Waals surface area contributed by atoms with Crippen molar-refractivity contribution in [3.05, 3.63) is 72.6 Å². The van der Waals surface area contributed by atoms with Crippen LogP contribution >= 0.6 is 50.3 Å². The molecule has 6 heteroatoms. The normalized spacial score (nSPS) is 16.4. The Hall–Kier alpha value is -1.12. The second kappa shape index (κ2) is 7.19. The minimum atomic E-state index is -0.237. The first-order valence-corrected chi connectivity index (χ1v) is 9.47. The molecule has 0 bridgehead atoms. The molecule has 2 aromatic carbocycles. The minimum Gasteiger partial charge on any atom is -0.268 e. The highest BCUT2D eigenvalue weighted by molar-refractivity contribution is 14.1. The molecule has 1 saturated heterocycles. The zero-order chi connectivity index (χ0) is 16.4. The summed E-state index contributed by atoms with van der Waals surface area (Å²) < 4.78 is 2.06. The number of thioether (sulfide) groups is 1. The lowest BCUT2D eigenvalue weighted by atomic mass is 10.2. The van der Waals surface area contributed by atoms with Crippen molar-refractivity contribution in [2.75, 3.05) is 0 Å². The molecule has 0 radical (unpaired) electrons. The maximum absolute atomic E-state index is 12.5. The summed E-state index contributed by atoms with van der Waals surface area (Å²) in [6.07, 6.45) is 1.75. The SMILES string of the molecule is O=C1S/C(=C/c2cccc(Br)c2)C(=O)N1Cc1ccc(I)cc1. The highest BCUT2D eigenvalue weighted by Crippen LogP contribution is 2.33. The summed E-state index contributed by atoms with van der Waals surface area (Å²) in [5.41, 5.74) is 1.83. The second-order valence-electron chi connectivity index (χ2n) is 4.95. The van der Waals surface area contributed by atoms with Gasteiger partial charge in [0.25, 0.3) is 11.1 Å². The summed E-state index contributed by atoms with van der Waals surface area (Å²) in [5.74, 6) is -0.237. The molecule has 3 nitrogen and oxygen atoms in total. The number of benzene rings is 2. The summed E-state index contributed by atoms with van der Waals surface area (Å²) in [6, 6.07) is 15.4. The Morgan fingerprint density at radius 1 is 1.13 bits per heavy atom. The van der Waals surface area contributed by atoms with E-state index in [0.717, 1.165) is 30.9 Å². The Morgan fingerprint density at radius 2 is 1.87 bits per heavy atom. The molecule has 116 valence electrons. The third-order valence-corrected chi connectivity index (χ3v) is 5.39. The molecule has 1 heterocycles. The topological polar surface area (TPSA) is 37.4 Å². The van der Waals surface area contributed by atoms with Gasteiger partial charge in [-0.05, 0) is 75.8 Å². The van der Waals surface area contributed by atoms with Gasteiger partial charge in [-0.25, -0.2) is 0 Å². The van der Waals surface area contributed by atoms with Gasteiger partial charge in [0.05, 0.1) is 11.4 Å². The Bertz CT molecular complexity index is 804. The summed E-state index contributed by atoms with van der Waals surface area (Å²) in [7, 11) is 0. The van der Waals surface area contributed by atoms with Gasteiger partial charge in [0.15, 0.2) is 0 Å². The molecule has 2 aromatic rings. The van der Waals surface area contributed by atoms with Gasteiger partial charge in [-0.1, -0.05) is 40.2 Å². The van der Waals surface area contributed by atoms with Crippen LogP contribution in [0.3, 0.4) is 0 Å². The van der Waals surface area contributed by atoms with Crippen molar-refractivity contribution in [1.82, 2.24) is 4.90 Å². The van der Waals surface area contributed by atoms with E-state index < -0.39 is 0 Å². The summed E-state index contributed by atoms with van der Waals surface area (Å²) in [4.78, 5) is 26.4. The highest BCUT2D eigenvalue weighted by Gasteiger charge is 2.34. The monoisotopic (exact) mass is 499 g/mol. The lowest BCUT2D eigenvalue weighted by molar-refractivity contribution is -0.123. The van der Waals surface area contributed by atoms with Crippen molar-refractivity contribution in [1.29, 1.82) is 0 Å². The van der Waals surface area contributed by atoms with E-state index in [1.807, 2.05) is 48.5 Å². The zero-order valence-corrected chi connectivity index (χ0v) is 16.4. The van der Waals surface area contributed by atoms with Crippen LogP contribution < -0.4 is 0 Å². The molecule has 0 aliphatic carbocycles. The lowest BCUT2D eigenvalue weighted by Crippen LogP contribution is -2.27. The average Bonchev–Trinajstić information content (AvgIpc) is 2.77. The molecule has 1 aliphatic rings. The number of hydrogen-bond acceptors (Lipinski definition) is 3. The molecule has 0 N–H and O–H groups in total. The van der Waals surface area contributed by atoms with E-state index in [2.05, 4.69) is 38.5 Å².